The number of carboxylic acids is 2. The number of fused-ring (bicyclic) bond motifs is 1. The summed E-state index contributed by atoms with van der Waals surface area (Å²) < 4.78 is 1.67. The summed E-state index contributed by atoms with van der Waals surface area (Å²) in [4.78, 5) is 35.1. The van der Waals surface area contributed by atoms with Gasteiger partial charge in [0.05, 0.1) is 29.0 Å². The van der Waals surface area contributed by atoms with Crippen LogP contribution in [0.3, 0.4) is 0 Å². The number of β-lactam (4-membered cyclic amide) rings is 1. The van der Waals surface area contributed by atoms with E-state index >= 15 is 0 Å². The lowest BCUT2D eigenvalue weighted by atomic mass is 10.1. The van der Waals surface area contributed by atoms with Crippen LogP contribution in [0.4, 0.5) is 0 Å². The van der Waals surface area contributed by atoms with Gasteiger partial charge in [0.1, 0.15) is 0 Å². The van der Waals surface area contributed by atoms with Crippen molar-refractivity contribution in [1.29, 1.82) is 0 Å². The summed E-state index contributed by atoms with van der Waals surface area (Å²) in [7, 11) is 0. The maximum Gasteiger partial charge on any atom is 0.336 e. The Morgan fingerprint density at radius 3 is 2.71 bits per heavy atom. The van der Waals surface area contributed by atoms with Crippen molar-refractivity contribution in [2.24, 2.45) is 0 Å². The highest BCUT2D eigenvalue weighted by molar-refractivity contribution is 8.00. The second-order valence-electron chi connectivity index (χ2n) is 5.40. The number of rotatable bonds is 5. The Morgan fingerprint density at radius 1 is 1.42 bits per heavy atom. The standard InChI is InChI=1S/C16H14N2O5S/c19-12-8-13-18(12)14(16(22)23)11(9-24-13)2-1-5-17-6-3-10(4-7-17)15(20)21/h1,3-7,13H,2,8-9H2,(H-,20,21,22,23)/t13-/m1/s1. The first kappa shape index (κ1) is 16.3. The number of hydrogen-bond donors (Lipinski definition) is 1. The highest BCUT2D eigenvalue weighted by Crippen LogP contribution is 2.40. The Balaban J connectivity index is 1.74. The molecule has 2 aliphatic rings. The maximum absolute atomic E-state index is 11.6. The fourth-order valence-electron chi connectivity index (χ4n) is 2.62. The van der Waals surface area contributed by atoms with E-state index in [4.69, 9.17) is 5.11 Å². The first-order valence-electron chi connectivity index (χ1n) is 7.25. The molecule has 0 aromatic carbocycles. The predicted octanol–water partition coefficient (Wildman–Crippen LogP) is -0.158. The molecular weight excluding hydrogens is 332 g/mol. The molecule has 0 aliphatic carbocycles. The Hall–Kier alpha value is -2.61. The van der Waals surface area contributed by atoms with E-state index < -0.39 is 11.9 Å². The largest absolute Gasteiger partial charge is 0.543 e. The third-order valence-corrected chi connectivity index (χ3v) is 5.14. The van der Waals surface area contributed by atoms with Gasteiger partial charge in [0.2, 0.25) is 5.91 Å². The zero-order chi connectivity index (χ0) is 17.3. The van der Waals surface area contributed by atoms with E-state index in [9.17, 15) is 19.5 Å². The Labute approximate surface area is 141 Å². The van der Waals surface area contributed by atoms with Crippen molar-refractivity contribution < 1.29 is 29.2 Å². The maximum atomic E-state index is 11.6. The zero-order valence-corrected chi connectivity index (χ0v) is 13.4. The topological polar surface area (TPSA) is 102 Å². The van der Waals surface area contributed by atoms with Gasteiger partial charge in [-0.15, -0.1) is 11.8 Å². The van der Waals surface area contributed by atoms with E-state index in [0.29, 0.717) is 24.2 Å². The van der Waals surface area contributed by atoms with Crippen LogP contribution < -0.4 is 9.67 Å². The monoisotopic (exact) mass is 346 g/mol. The number of allylic oxidation sites excluding steroid dienone is 1. The third kappa shape index (κ3) is 3.05. The van der Waals surface area contributed by atoms with Gasteiger partial charge in [-0.05, 0) is 18.1 Å². The lowest BCUT2D eigenvalue weighted by Gasteiger charge is -2.45. The number of aromatic carboxylic acids is 1. The van der Waals surface area contributed by atoms with Gasteiger partial charge in [0.15, 0.2) is 18.6 Å². The minimum atomic E-state index is -1.32. The smallest absolute Gasteiger partial charge is 0.336 e. The first-order valence-corrected chi connectivity index (χ1v) is 8.30. The number of hydrogen-bond acceptors (Lipinski definition) is 5. The zero-order valence-electron chi connectivity index (χ0n) is 12.5. The quantitative estimate of drug-likeness (QED) is 0.587. The molecule has 24 heavy (non-hydrogen) atoms. The summed E-state index contributed by atoms with van der Waals surface area (Å²) in [5, 5.41) is 20.1. The van der Waals surface area contributed by atoms with E-state index in [1.807, 2.05) is 0 Å². The van der Waals surface area contributed by atoms with Gasteiger partial charge >= 0.3 is 5.97 Å². The van der Waals surface area contributed by atoms with Crippen LogP contribution in [0.15, 0.2) is 41.9 Å². The minimum absolute atomic E-state index is 0.00845. The molecule has 124 valence electrons. The summed E-state index contributed by atoms with van der Waals surface area (Å²) in [6.07, 6.45) is 7.41. The summed E-state index contributed by atoms with van der Waals surface area (Å²) in [6, 6.07) is 2.94. The van der Waals surface area contributed by atoms with Gasteiger partial charge in [-0.2, -0.15) is 4.57 Å². The molecule has 0 radical (unpaired) electrons. The van der Waals surface area contributed by atoms with Crippen LogP contribution in [-0.4, -0.2) is 39.0 Å². The van der Waals surface area contributed by atoms with Crippen LogP contribution in [0.1, 0.15) is 23.2 Å². The lowest BCUT2D eigenvalue weighted by molar-refractivity contribution is -0.568. The Morgan fingerprint density at radius 2 is 2.12 bits per heavy atom. The molecule has 1 atom stereocenters. The number of carbonyl (C=O) groups is 3. The minimum Gasteiger partial charge on any atom is -0.543 e. The summed E-state index contributed by atoms with van der Waals surface area (Å²) >= 11 is 1.55. The molecule has 7 nitrogen and oxygen atoms in total. The van der Waals surface area contributed by atoms with Crippen LogP contribution in [-0.2, 0) is 9.59 Å². The molecule has 8 heteroatoms. The molecule has 0 unspecified atom stereocenters. The van der Waals surface area contributed by atoms with Gasteiger partial charge in [-0.3, -0.25) is 9.69 Å². The number of carboxylic acid groups (broad SMARTS) is 2. The second-order valence-corrected chi connectivity index (χ2v) is 6.57. The SMILES string of the molecule is O=C([O-])C1=C(CC=C[n+]2ccc(C(=O)O)cc2)CS[C@@H]2CC(=O)N12. The molecule has 1 N–H and O–H groups in total. The molecule has 2 aliphatic heterocycles. The van der Waals surface area contributed by atoms with Crippen LogP contribution >= 0.6 is 11.8 Å². The van der Waals surface area contributed by atoms with Crippen molar-refractivity contribution in [2.45, 2.75) is 18.2 Å². The van der Waals surface area contributed by atoms with Gasteiger partial charge < -0.3 is 15.0 Å². The average molecular weight is 346 g/mol. The van der Waals surface area contributed by atoms with Crippen molar-refractivity contribution in [2.75, 3.05) is 5.75 Å². The van der Waals surface area contributed by atoms with Gasteiger partial charge in [0.25, 0.3) is 0 Å². The number of nitrogens with zero attached hydrogens (tertiary/aromatic N) is 2. The van der Waals surface area contributed by atoms with E-state index in [1.165, 1.54) is 17.0 Å². The van der Waals surface area contributed by atoms with Crippen LogP contribution in [0.25, 0.3) is 6.20 Å². The molecule has 1 fully saturated rings. The van der Waals surface area contributed by atoms with E-state index in [0.717, 1.165) is 0 Å². The molecule has 0 bridgehead atoms. The Kier molecular flexibility index (Phi) is 4.39. The normalized spacial score (nSPS) is 20.1. The van der Waals surface area contributed by atoms with Crippen LogP contribution in [0, 0.1) is 0 Å². The molecule has 1 saturated heterocycles. The van der Waals surface area contributed by atoms with Gasteiger partial charge in [0, 0.05) is 17.9 Å². The molecule has 1 aromatic rings. The number of aliphatic carboxylic acids is 1. The number of amides is 1. The summed E-state index contributed by atoms with van der Waals surface area (Å²) in [5.74, 6) is -1.96. The first-order chi connectivity index (χ1) is 11.5. The summed E-state index contributed by atoms with van der Waals surface area (Å²) in [6.45, 7) is 0. The van der Waals surface area contributed by atoms with Gasteiger partial charge in [-0.1, -0.05) is 0 Å². The second kappa shape index (κ2) is 6.48. The average Bonchev–Trinajstić information content (AvgIpc) is 2.54. The summed E-state index contributed by atoms with van der Waals surface area (Å²) in [5.41, 5.74) is 0.821. The third-order valence-electron chi connectivity index (χ3n) is 3.87. The number of pyridine rings is 1. The molecule has 1 aromatic heterocycles. The van der Waals surface area contributed by atoms with Crippen molar-refractivity contribution in [1.82, 2.24) is 4.90 Å². The molecule has 0 spiro atoms. The highest BCUT2D eigenvalue weighted by atomic mass is 32.2. The van der Waals surface area contributed by atoms with Gasteiger partial charge in [-0.25, -0.2) is 4.79 Å². The number of aromatic nitrogens is 1. The highest BCUT2D eigenvalue weighted by Gasteiger charge is 2.42. The molecule has 3 heterocycles. The molecule has 0 saturated carbocycles. The lowest BCUT2D eigenvalue weighted by Crippen LogP contribution is -2.55. The predicted molar refractivity (Wildman–Crippen MR) is 83.3 cm³/mol. The van der Waals surface area contributed by atoms with E-state index in [-0.39, 0.29) is 22.5 Å². The molecular formula is C16H14N2O5S. The van der Waals surface area contributed by atoms with Crippen molar-refractivity contribution >= 4 is 35.8 Å². The fraction of sp³-hybridized carbons (Fsp3) is 0.250. The van der Waals surface area contributed by atoms with Crippen molar-refractivity contribution in [3.05, 3.63) is 47.4 Å². The fourth-order valence-corrected chi connectivity index (χ4v) is 3.90. The van der Waals surface area contributed by atoms with E-state index in [1.54, 1.807) is 41.0 Å². The molecule has 3 rings (SSSR count). The van der Waals surface area contributed by atoms with Crippen molar-refractivity contribution in [3.8, 4) is 0 Å². The van der Waals surface area contributed by atoms with E-state index in [2.05, 4.69) is 0 Å². The van der Waals surface area contributed by atoms with Crippen LogP contribution in [0.5, 0.6) is 0 Å². The number of thioether (sulfide) groups is 1. The van der Waals surface area contributed by atoms with Crippen molar-refractivity contribution in [3.63, 3.8) is 0 Å². The van der Waals surface area contributed by atoms with Crippen LogP contribution in [0.2, 0.25) is 0 Å². The number of carbonyl (C=O) groups excluding carboxylic acids is 2. The molecule has 1 amide bonds. The Bertz CT molecular complexity index is 769.